The molecule has 0 spiro atoms. The monoisotopic (exact) mass is 156 g/mol. The molecule has 1 atom stereocenters. The summed E-state index contributed by atoms with van der Waals surface area (Å²) in [6, 6.07) is 0.752. The van der Waals surface area contributed by atoms with E-state index >= 15 is 0 Å². The van der Waals surface area contributed by atoms with Gasteiger partial charge in [-0.2, -0.15) is 0 Å². The van der Waals surface area contributed by atoms with Crippen molar-refractivity contribution in [2.75, 3.05) is 26.7 Å². The fraction of sp³-hybridized carbons (Fsp3) is 1.00. The van der Waals surface area contributed by atoms with Crippen molar-refractivity contribution in [1.29, 1.82) is 0 Å². The van der Waals surface area contributed by atoms with Gasteiger partial charge in [-0.1, -0.05) is 13.8 Å². The Morgan fingerprint density at radius 3 is 2.73 bits per heavy atom. The van der Waals surface area contributed by atoms with E-state index in [1.54, 1.807) is 0 Å². The zero-order valence-electron chi connectivity index (χ0n) is 7.93. The number of rotatable bonds is 3. The highest BCUT2D eigenvalue weighted by Gasteiger charge is 2.18. The zero-order valence-corrected chi connectivity index (χ0v) is 7.93. The van der Waals surface area contributed by atoms with E-state index in [1.165, 1.54) is 26.1 Å². The predicted molar refractivity (Wildman–Crippen MR) is 48.7 cm³/mol. The topological polar surface area (TPSA) is 15.3 Å². The predicted octanol–water partition coefficient (Wildman–Crippen LogP) is 0.936. The van der Waals surface area contributed by atoms with E-state index < -0.39 is 0 Å². The Kier molecular flexibility index (Phi) is 3.34. The summed E-state index contributed by atoms with van der Waals surface area (Å²) >= 11 is 0. The molecule has 1 aliphatic rings. The molecule has 1 heterocycles. The van der Waals surface area contributed by atoms with Crippen molar-refractivity contribution >= 4 is 0 Å². The highest BCUT2D eigenvalue weighted by Crippen LogP contribution is 2.06. The number of likely N-dealkylation sites (tertiary alicyclic amines) is 1. The molecule has 1 fully saturated rings. The van der Waals surface area contributed by atoms with Crippen LogP contribution in [0.3, 0.4) is 0 Å². The first-order valence-electron chi connectivity index (χ1n) is 4.60. The summed E-state index contributed by atoms with van der Waals surface area (Å²) in [4.78, 5) is 2.39. The number of likely N-dealkylation sites (N-methyl/N-ethyl adjacent to an activating group) is 1. The lowest BCUT2D eigenvalue weighted by molar-refractivity contribution is 0.391. The molecule has 1 saturated heterocycles. The number of hydrogen-bond donors (Lipinski definition) is 1. The smallest absolute Gasteiger partial charge is 0.0207 e. The van der Waals surface area contributed by atoms with Crippen molar-refractivity contribution in [3.8, 4) is 0 Å². The van der Waals surface area contributed by atoms with E-state index in [2.05, 4.69) is 31.1 Å². The summed E-state index contributed by atoms with van der Waals surface area (Å²) < 4.78 is 0. The Labute approximate surface area is 70.0 Å². The third-order valence-electron chi connectivity index (χ3n) is 2.21. The van der Waals surface area contributed by atoms with Crippen LogP contribution < -0.4 is 5.32 Å². The van der Waals surface area contributed by atoms with Crippen LogP contribution in [0.4, 0.5) is 0 Å². The number of hydrogen-bond acceptors (Lipinski definition) is 2. The largest absolute Gasteiger partial charge is 0.312 e. The Morgan fingerprint density at radius 1 is 1.55 bits per heavy atom. The molecule has 0 aromatic carbocycles. The van der Waals surface area contributed by atoms with Crippen molar-refractivity contribution in [3.63, 3.8) is 0 Å². The Hall–Kier alpha value is -0.0800. The maximum atomic E-state index is 3.57. The molecule has 0 amide bonds. The van der Waals surface area contributed by atoms with Gasteiger partial charge in [-0.25, -0.2) is 0 Å². The molecule has 66 valence electrons. The SMILES string of the molecule is CC(C)CN[C@H]1CCN(C)C1. The van der Waals surface area contributed by atoms with Gasteiger partial charge < -0.3 is 10.2 Å². The fourth-order valence-corrected chi connectivity index (χ4v) is 1.50. The first-order valence-corrected chi connectivity index (χ1v) is 4.60. The standard InChI is InChI=1S/C9H20N2/c1-8(2)6-10-9-4-5-11(3)7-9/h8-10H,4-7H2,1-3H3/t9-/m0/s1. The quantitative estimate of drug-likeness (QED) is 0.654. The van der Waals surface area contributed by atoms with Crippen LogP contribution in [-0.4, -0.2) is 37.6 Å². The van der Waals surface area contributed by atoms with Crippen LogP contribution in [0.15, 0.2) is 0 Å². The summed E-state index contributed by atoms with van der Waals surface area (Å²) in [6.07, 6.45) is 1.32. The molecular formula is C9H20N2. The average Bonchev–Trinajstić information content (AvgIpc) is 2.31. The lowest BCUT2D eigenvalue weighted by Gasteiger charge is -2.14. The molecule has 2 heteroatoms. The molecule has 2 nitrogen and oxygen atoms in total. The Balaban J connectivity index is 2.08. The van der Waals surface area contributed by atoms with Crippen molar-refractivity contribution in [3.05, 3.63) is 0 Å². The van der Waals surface area contributed by atoms with E-state index in [0.717, 1.165) is 12.0 Å². The minimum Gasteiger partial charge on any atom is -0.312 e. The van der Waals surface area contributed by atoms with Crippen molar-refractivity contribution in [2.45, 2.75) is 26.3 Å². The highest BCUT2D eigenvalue weighted by molar-refractivity contribution is 4.78. The summed E-state index contributed by atoms with van der Waals surface area (Å²) in [5.41, 5.74) is 0. The molecule has 1 N–H and O–H groups in total. The lowest BCUT2D eigenvalue weighted by atomic mass is 10.2. The molecule has 0 aromatic heterocycles. The number of nitrogens with one attached hydrogen (secondary N) is 1. The molecule has 0 saturated carbocycles. The van der Waals surface area contributed by atoms with Crippen molar-refractivity contribution < 1.29 is 0 Å². The molecule has 1 aliphatic heterocycles. The van der Waals surface area contributed by atoms with E-state index in [4.69, 9.17) is 0 Å². The third kappa shape index (κ3) is 3.21. The van der Waals surface area contributed by atoms with Crippen LogP contribution in [0.25, 0.3) is 0 Å². The van der Waals surface area contributed by atoms with Gasteiger partial charge in [0.15, 0.2) is 0 Å². The molecular weight excluding hydrogens is 136 g/mol. The summed E-state index contributed by atoms with van der Waals surface area (Å²) in [6.45, 7) is 8.17. The zero-order chi connectivity index (χ0) is 8.27. The van der Waals surface area contributed by atoms with Crippen LogP contribution in [0.2, 0.25) is 0 Å². The normalized spacial score (nSPS) is 26.7. The van der Waals surface area contributed by atoms with E-state index in [0.29, 0.717) is 0 Å². The second-order valence-electron chi connectivity index (χ2n) is 4.05. The minimum absolute atomic E-state index is 0.752. The lowest BCUT2D eigenvalue weighted by Crippen LogP contribution is -2.33. The molecule has 0 aliphatic carbocycles. The van der Waals surface area contributed by atoms with Gasteiger partial charge in [-0.05, 0) is 32.5 Å². The van der Waals surface area contributed by atoms with Crippen molar-refractivity contribution in [2.24, 2.45) is 5.92 Å². The number of nitrogens with zero attached hydrogens (tertiary/aromatic N) is 1. The Morgan fingerprint density at radius 2 is 2.27 bits per heavy atom. The molecule has 1 rings (SSSR count). The van der Waals surface area contributed by atoms with Gasteiger partial charge in [-0.3, -0.25) is 0 Å². The van der Waals surface area contributed by atoms with Gasteiger partial charge in [0.25, 0.3) is 0 Å². The fourth-order valence-electron chi connectivity index (χ4n) is 1.50. The van der Waals surface area contributed by atoms with Gasteiger partial charge in [-0.15, -0.1) is 0 Å². The molecule has 0 radical (unpaired) electrons. The van der Waals surface area contributed by atoms with Crippen LogP contribution >= 0.6 is 0 Å². The van der Waals surface area contributed by atoms with Gasteiger partial charge in [0.1, 0.15) is 0 Å². The van der Waals surface area contributed by atoms with Crippen LogP contribution in [-0.2, 0) is 0 Å². The van der Waals surface area contributed by atoms with Crippen LogP contribution in [0, 0.1) is 5.92 Å². The average molecular weight is 156 g/mol. The third-order valence-corrected chi connectivity index (χ3v) is 2.21. The first kappa shape index (κ1) is 9.01. The first-order chi connectivity index (χ1) is 5.18. The molecule has 11 heavy (non-hydrogen) atoms. The maximum Gasteiger partial charge on any atom is 0.0207 e. The summed E-state index contributed by atoms with van der Waals surface area (Å²) in [5.74, 6) is 0.779. The Bertz CT molecular complexity index is 112. The van der Waals surface area contributed by atoms with Gasteiger partial charge in [0, 0.05) is 12.6 Å². The van der Waals surface area contributed by atoms with E-state index in [-0.39, 0.29) is 0 Å². The van der Waals surface area contributed by atoms with Crippen molar-refractivity contribution in [1.82, 2.24) is 10.2 Å². The molecule has 0 unspecified atom stereocenters. The second kappa shape index (κ2) is 4.07. The van der Waals surface area contributed by atoms with E-state index in [1.807, 2.05) is 0 Å². The van der Waals surface area contributed by atoms with Gasteiger partial charge >= 0.3 is 0 Å². The summed E-state index contributed by atoms with van der Waals surface area (Å²) in [5, 5.41) is 3.57. The molecule has 0 aromatic rings. The second-order valence-corrected chi connectivity index (χ2v) is 4.05. The van der Waals surface area contributed by atoms with E-state index in [9.17, 15) is 0 Å². The van der Waals surface area contributed by atoms with Crippen LogP contribution in [0.5, 0.6) is 0 Å². The van der Waals surface area contributed by atoms with Gasteiger partial charge in [0.2, 0.25) is 0 Å². The minimum atomic E-state index is 0.752. The molecule has 0 bridgehead atoms. The highest BCUT2D eigenvalue weighted by atomic mass is 15.2. The maximum absolute atomic E-state index is 3.57. The van der Waals surface area contributed by atoms with Crippen LogP contribution in [0.1, 0.15) is 20.3 Å². The van der Waals surface area contributed by atoms with Gasteiger partial charge in [0.05, 0.1) is 0 Å². The summed E-state index contributed by atoms with van der Waals surface area (Å²) in [7, 11) is 2.19.